The minimum Gasteiger partial charge on any atom is -0.756 e. The third-order valence-electron chi connectivity index (χ3n) is 12.6. The summed E-state index contributed by atoms with van der Waals surface area (Å²) in [5.74, 6) is -0.811. The Morgan fingerprint density at radius 2 is 0.703 bits per heavy atom. The van der Waals surface area contributed by atoms with Crippen molar-refractivity contribution in [1.82, 2.24) is 0 Å². The van der Waals surface area contributed by atoms with Crippen molar-refractivity contribution in [2.24, 2.45) is 0 Å². The van der Waals surface area contributed by atoms with E-state index in [4.69, 9.17) is 18.5 Å². The van der Waals surface area contributed by atoms with Crippen LogP contribution in [-0.2, 0) is 32.7 Å². The zero-order valence-corrected chi connectivity index (χ0v) is 44.2. The van der Waals surface area contributed by atoms with Crippen LogP contribution in [0.25, 0.3) is 0 Å². The van der Waals surface area contributed by atoms with Crippen LogP contribution in [0.5, 0.6) is 0 Å². The van der Waals surface area contributed by atoms with Crippen molar-refractivity contribution in [3.05, 3.63) is 0 Å². The second-order valence-electron chi connectivity index (χ2n) is 20.3. The van der Waals surface area contributed by atoms with Crippen molar-refractivity contribution in [3.63, 3.8) is 0 Å². The highest BCUT2D eigenvalue weighted by atomic mass is 31.2. The first-order chi connectivity index (χ1) is 31.0. The molecule has 0 radical (unpaired) electrons. The van der Waals surface area contributed by atoms with Gasteiger partial charge in [-0.05, 0) is 12.8 Å². The summed E-state index contributed by atoms with van der Waals surface area (Å²) in [4.78, 5) is 37.8. The fourth-order valence-electron chi connectivity index (χ4n) is 8.31. The van der Waals surface area contributed by atoms with Crippen molar-refractivity contribution in [2.45, 2.75) is 290 Å². The summed E-state index contributed by atoms with van der Waals surface area (Å²) in [5, 5.41) is 0. The second-order valence-corrected chi connectivity index (χ2v) is 21.7. The smallest absolute Gasteiger partial charge is 0.306 e. The van der Waals surface area contributed by atoms with Crippen LogP contribution in [0.4, 0.5) is 0 Å². The van der Waals surface area contributed by atoms with E-state index in [1.54, 1.807) is 0 Å². The van der Waals surface area contributed by atoms with E-state index in [2.05, 4.69) is 13.8 Å². The third kappa shape index (κ3) is 50.4. The molecule has 9 nitrogen and oxygen atoms in total. The molecule has 0 rings (SSSR count). The normalized spacial score (nSPS) is 13.3. The van der Waals surface area contributed by atoms with Crippen LogP contribution in [-0.4, -0.2) is 70.0 Å². The van der Waals surface area contributed by atoms with Gasteiger partial charge in [0.2, 0.25) is 0 Å². The number of unbranched alkanes of at least 4 members (excludes halogenated alkanes) is 38. The third-order valence-corrected chi connectivity index (χ3v) is 13.6. The van der Waals surface area contributed by atoms with Crippen LogP contribution in [0, 0.1) is 0 Å². The quantitative estimate of drug-likeness (QED) is 0.0257. The lowest BCUT2D eigenvalue weighted by Crippen LogP contribution is -2.37. The molecule has 10 heteroatoms. The fourth-order valence-corrected chi connectivity index (χ4v) is 9.03. The maximum atomic E-state index is 12.8. The first-order valence-corrected chi connectivity index (χ1v) is 29.2. The summed E-state index contributed by atoms with van der Waals surface area (Å²) in [5.41, 5.74) is 0. The van der Waals surface area contributed by atoms with Gasteiger partial charge in [0.25, 0.3) is 7.82 Å². The number of ether oxygens (including phenoxy) is 2. The average molecular weight is 930 g/mol. The van der Waals surface area contributed by atoms with Gasteiger partial charge in [0, 0.05) is 12.8 Å². The molecule has 0 fully saturated rings. The molecule has 0 aliphatic heterocycles. The molecule has 0 aliphatic carbocycles. The summed E-state index contributed by atoms with van der Waals surface area (Å²) in [6.07, 6.45) is 51.4. The second kappa shape index (κ2) is 47.1. The Labute approximate surface area is 397 Å². The number of nitrogens with zero attached hydrogens (tertiary/aromatic N) is 1. The lowest BCUT2D eigenvalue weighted by molar-refractivity contribution is -0.870. The Kier molecular flexibility index (Phi) is 46.4. The Balaban J connectivity index is 4.12. The molecule has 0 aromatic rings. The predicted octanol–water partition coefficient (Wildman–Crippen LogP) is 16.1. The standard InChI is InChI=1S/C54H108NO8P/c1-6-8-10-12-14-16-18-20-22-24-25-26-27-28-29-30-31-33-35-37-39-41-43-45-47-54(57)63-52(51-62-64(58,59)61-49-48-55(3,4)5)50-60-53(56)46-44-42-40-38-36-34-32-23-21-19-17-15-13-11-9-7-2/h52H,6-51H2,1-5H3. The summed E-state index contributed by atoms with van der Waals surface area (Å²) in [6, 6.07) is 0. The summed E-state index contributed by atoms with van der Waals surface area (Å²) >= 11 is 0. The van der Waals surface area contributed by atoms with Crippen molar-refractivity contribution >= 4 is 19.8 Å². The van der Waals surface area contributed by atoms with Crippen molar-refractivity contribution in [1.29, 1.82) is 0 Å². The van der Waals surface area contributed by atoms with Gasteiger partial charge < -0.3 is 27.9 Å². The van der Waals surface area contributed by atoms with E-state index in [1.807, 2.05) is 21.1 Å². The Morgan fingerprint density at radius 1 is 0.422 bits per heavy atom. The number of quaternary nitrogens is 1. The number of likely N-dealkylation sites (N-methyl/N-ethyl adjacent to an activating group) is 1. The van der Waals surface area contributed by atoms with E-state index in [9.17, 15) is 19.0 Å². The fraction of sp³-hybridized carbons (Fsp3) is 0.963. The molecule has 0 heterocycles. The van der Waals surface area contributed by atoms with Gasteiger partial charge in [-0.25, -0.2) is 0 Å². The molecule has 382 valence electrons. The van der Waals surface area contributed by atoms with Gasteiger partial charge in [0.15, 0.2) is 6.10 Å². The number of phosphoric acid groups is 1. The molecule has 0 spiro atoms. The highest BCUT2D eigenvalue weighted by Crippen LogP contribution is 2.38. The van der Waals surface area contributed by atoms with Crippen LogP contribution in [0.15, 0.2) is 0 Å². The molecule has 0 aromatic carbocycles. The van der Waals surface area contributed by atoms with Gasteiger partial charge >= 0.3 is 11.9 Å². The van der Waals surface area contributed by atoms with E-state index in [0.717, 1.165) is 32.1 Å². The van der Waals surface area contributed by atoms with Crippen LogP contribution < -0.4 is 4.89 Å². The molecular weight excluding hydrogens is 822 g/mol. The number of esters is 2. The largest absolute Gasteiger partial charge is 0.756 e. The average Bonchev–Trinajstić information content (AvgIpc) is 3.25. The number of phosphoric ester groups is 1. The monoisotopic (exact) mass is 930 g/mol. The molecule has 2 unspecified atom stereocenters. The van der Waals surface area contributed by atoms with Crippen LogP contribution in [0.3, 0.4) is 0 Å². The maximum Gasteiger partial charge on any atom is 0.306 e. The Morgan fingerprint density at radius 3 is 1.00 bits per heavy atom. The molecule has 2 atom stereocenters. The van der Waals surface area contributed by atoms with E-state index in [1.165, 1.54) is 218 Å². The number of carbonyl (C=O) groups excluding carboxylic acids is 2. The number of carbonyl (C=O) groups is 2. The zero-order chi connectivity index (χ0) is 47.1. The van der Waals surface area contributed by atoms with Crippen molar-refractivity contribution < 1.29 is 42.1 Å². The van der Waals surface area contributed by atoms with E-state index in [0.29, 0.717) is 17.4 Å². The molecule has 0 saturated carbocycles. The summed E-state index contributed by atoms with van der Waals surface area (Å²) in [7, 11) is 1.19. The summed E-state index contributed by atoms with van der Waals surface area (Å²) in [6.45, 7) is 4.30. The molecule has 0 bridgehead atoms. The van der Waals surface area contributed by atoms with Crippen LogP contribution in [0.1, 0.15) is 284 Å². The maximum absolute atomic E-state index is 12.8. The number of hydrogen-bond donors (Lipinski definition) is 0. The molecule has 0 aliphatic rings. The molecule has 0 N–H and O–H groups in total. The van der Waals surface area contributed by atoms with Gasteiger partial charge in [0.05, 0.1) is 27.7 Å². The molecular formula is C54H108NO8P. The Hall–Kier alpha value is -0.990. The first-order valence-electron chi connectivity index (χ1n) is 27.7. The SMILES string of the molecule is CCCCCCCCCCCCCCCCCCCCCCCCCCC(=O)OC(COC(=O)CCCCCCCCCCCCCCCCCC)COP(=O)([O-])OCC[N+](C)(C)C. The molecule has 0 saturated heterocycles. The van der Waals surface area contributed by atoms with Gasteiger partial charge in [-0.2, -0.15) is 0 Å². The molecule has 64 heavy (non-hydrogen) atoms. The minimum absolute atomic E-state index is 0.0252. The lowest BCUT2D eigenvalue weighted by Gasteiger charge is -2.28. The van der Waals surface area contributed by atoms with Crippen LogP contribution >= 0.6 is 7.82 Å². The molecule has 0 aromatic heterocycles. The highest BCUT2D eigenvalue weighted by molar-refractivity contribution is 7.45. The minimum atomic E-state index is -4.62. The number of rotatable bonds is 52. The molecule has 0 amide bonds. The zero-order valence-electron chi connectivity index (χ0n) is 43.3. The van der Waals surface area contributed by atoms with Crippen molar-refractivity contribution in [2.75, 3.05) is 47.5 Å². The lowest BCUT2D eigenvalue weighted by atomic mass is 10.0. The van der Waals surface area contributed by atoms with E-state index >= 15 is 0 Å². The number of hydrogen-bond acceptors (Lipinski definition) is 8. The predicted molar refractivity (Wildman–Crippen MR) is 269 cm³/mol. The van der Waals surface area contributed by atoms with Gasteiger partial charge in [-0.15, -0.1) is 0 Å². The highest BCUT2D eigenvalue weighted by Gasteiger charge is 2.22. The van der Waals surface area contributed by atoms with Gasteiger partial charge in [-0.3, -0.25) is 14.2 Å². The van der Waals surface area contributed by atoms with Gasteiger partial charge in [0.1, 0.15) is 19.8 Å². The van der Waals surface area contributed by atoms with Gasteiger partial charge in [-0.1, -0.05) is 258 Å². The van der Waals surface area contributed by atoms with Crippen molar-refractivity contribution in [3.8, 4) is 0 Å². The van der Waals surface area contributed by atoms with Crippen LogP contribution in [0.2, 0.25) is 0 Å². The van der Waals surface area contributed by atoms with E-state index < -0.39 is 26.5 Å². The Bertz CT molecular complexity index is 1050. The topological polar surface area (TPSA) is 111 Å². The summed E-state index contributed by atoms with van der Waals surface area (Å²) < 4.78 is 34.1. The first kappa shape index (κ1) is 63.0. The van der Waals surface area contributed by atoms with E-state index in [-0.39, 0.29) is 32.0 Å².